The van der Waals surface area contributed by atoms with Crippen LogP contribution in [0, 0.1) is 5.92 Å². The predicted octanol–water partition coefficient (Wildman–Crippen LogP) is 2.96. The highest BCUT2D eigenvalue weighted by atomic mass is 32.1. The van der Waals surface area contributed by atoms with Crippen LogP contribution in [0.4, 0.5) is 0 Å². The molecule has 0 saturated carbocycles. The minimum absolute atomic E-state index is 0.113. The van der Waals surface area contributed by atoms with Gasteiger partial charge in [-0.05, 0) is 23.6 Å². The molecular formula is C13H13N5OS. The number of benzene rings is 1. The van der Waals surface area contributed by atoms with Crippen LogP contribution in [0.15, 0.2) is 29.4 Å². The number of carbonyl (C=O) groups excluding carboxylic acids is 1. The number of thiazole rings is 1. The van der Waals surface area contributed by atoms with Gasteiger partial charge in [-0.15, -0.1) is 11.3 Å². The lowest BCUT2D eigenvalue weighted by molar-refractivity contribution is -0.128. The zero-order valence-electron chi connectivity index (χ0n) is 10.8. The Bertz CT molecular complexity index is 658. The van der Waals surface area contributed by atoms with Crippen molar-refractivity contribution in [1.82, 2.24) is 9.88 Å². The molecule has 1 aromatic carbocycles. The maximum Gasteiger partial charge on any atom is 0.223 e. The number of aromatic nitrogens is 1. The summed E-state index contributed by atoms with van der Waals surface area (Å²) in [5.41, 5.74) is 9.30. The van der Waals surface area contributed by atoms with Crippen molar-refractivity contribution in [1.29, 1.82) is 0 Å². The normalized spacial score (nSPS) is 18.5. The van der Waals surface area contributed by atoms with Gasteiger partial charge < -0.3 is 4.90 Å². The molecule has 2 aromatic rings. The Labute approximate surface area is 119 Å². The molecule has 6 nitrogen and oxygen atoms in total. The Morgan fingerprint density at radius 3 is 3.15 bits per heavy atom. The Morgan fingerprint density at radius 2 is 2.35 bits per heavy atom. The van der Waals surface area contributed by atoms with E-state index in [9.17, 15) is 4.79 Å². The number of rotatable bonds is 4. The summed E-state index contributed by atoms with van der Waals surface area (Å²) in [4.78, 5) is 21.0. The van der Waals surface area contributed by atoms with E-state index in [1.807, 2.05) is 24.3 Å². The summed E-state index contributed by atoms with van der Waals surface area (Å²) < 4.78 is 1.14. The lowest BCUT2D eigenvalue weighted by Crippen LogP contribution is -2.24. The SMILES string of the molecule is [N-]=[N+]=NCC1CC(=O)N(Cc2nc3ccccc3s2)C1. The Kier molecular flexibility index (Phi) is 3.54. The number of likely N-dealkylation sites (tertiary alicyclic amines) is 1. The molecule has 2 heterocycles. The van der Waals surface area contributed by atoms with Gasteiger partial charge >= 0.3 is 0 Å². The van der Waals surface area contributed by atoms with Gasteiger partial charge in [0, 0.05) is 24.4 Å². The summed E-state index contributed by atoms with van der Waals surface area (Å²) in [5.74, 6) is 0.246. The van der Waals surface area contributed by atoms with Crippen molar-refractivity contribution in [2.45, 2.75) is 13.0 Å². The second-order valence-electron chi connectivity index (χ2n) is 4.83. The molecule has 1 aliphatic heterocycles. The van der Waals surface area contributed by atoms with Crippen LogP contribution in [-0.4, -0.2) is 28.9 Å². The van der Waals surface area contributed by atoms with E-state index >= 15 is 0 Å². The zero-order chi connectivity index (χ0) is 13.9. The third kappa shape index (κ3) is 2.59. The van der Waals surface area contributed by atoms with E-state index in [2.05, 4.69) is 15.0 Å². The molecule has 0 bridgehead atoms. The highest BCUT2D eigenvalue weighted by molar-refractivity contribution is 7.18. The third-order valence-corrected chi connectivity index (χ3v) is 4.38. The van der Waals surface area contributed by atoms with Gasteiger partial charge in [-0.2, -0.15) is 0 Å². The molecule has 102 valence electrons. The highest BCUT2D eigenvalue weighted by Gasteiger charge is 2.29. The molecule has 3 rings (SSSR count). The van der Waals surface area contributed by atoms with Gasteiger partial charge in [0.1, 0.15) is 5.01 Å². The van der Waals surface area contributed by atoms with E-state index in [0.29, 0.717) is 26.1 Å². The fourth-order valence-electron chi connectivity index (χ4n) is 2.43. The van der Waals surface area contributed by atoms with Crippen LogP contribution in [0.2, 0.25) is 0 Å². The van der Waals surface area contributed by atoms with Gasteiger partial charge in [-0.1, -0.05) is 17.2 Å². The second kappa shape index (κ2) is 5.48. The van der Waals surface area contributed by atoms with Crippen LogP contribution in [0.3, 0.4) is 0 Å². The summed E-state index contributed by atoms with van der Waals surface area (Å²) in [5, 5.41) is 4.50. The first-order chi connectivity index (χ1) is 9.76. The van der Waals surface area contributed by atoms with E-state index in [1.54, 1.807) is 16.2 Å². The third-order valence-electron chi connectivity index (χ3n) is 3.36. The average molecular weight is 287 g/mol. The number of hydrogen-bond donors (Lipinski definition) is 0. The number of para-hydroxylation sites is 1. The second-order valence-corrected chi connectivity index (χ2v) is 5.95. The van der Waals surface area contributed by atoms with Crippen LogP contribution < -0.4 is 0 Å². The topological polar surface area (TPSA) is 82.0 Å². The van der Waals surface area contributed by atoms with Crippen LogP contribution in [0.5, 0.6) is 0 Å². The Morgan fingerprint density at radius 1 is 1.50 bits per heavy atom. The minimum Gasteiger partial charge on any atom is -0.336 e. The molecule has 1 aliphatic rings. The van der Waals surface area contributed by atoms with Gasteiger partial charge in [0.15, 0.2) is 0 Å². The molecule has 0 spiro atoms. The van der Waals surface area contributed by atoms with Crippen LogP contribution in [0.1, 0.15) is 11.4 Å². The van der Waals surface area contributed by atoms with Crippen molar-refractivity contribution in [3.8, 4) is 0 Å². The van der Waals surface area contributed by atoms with E-state index < -0.39 is 0 Å². The van der Waals surface area contributed by atoms with Crippen molar-refractivity contribution < 1.29 is 4.79 Å². The zero-order valence-corrected chi connectivity index (χ0v) is 11.6. The predicted molar refractivity (Wildman–Crippen MR) is 77.2 cm³/mol. The fraction of sp³-hybridized carbons (Fsp3) is 0.385. The lowest BCUT2D eigenvalue weighted by atomic mass is 10.1. The molecule has 1 amide bonds. The lowest BCUT2D eigenvalue weighted by Gasteiger charge is -2.14. The first kappa shape index (κ1) is 12.9. The molecule has 0 aliphatic carbocycles. The standard InChI is InChI=1S/C13H13N5OS/c14-17-15-6-9-5-13(19)18(7-9)8-12-16-10-3-1-2-4-11(10)20-12/h1-4,9H,5-8H2. The van der Waals surface area contributed by atoms with Crippen molar-refractivity contribution in [3.63, 3.8) is 0 Å². The molecule has 1 fully saturated rings. The van der Waals surface area contributed by atoms with Gasteiger partial charge in [0.2, 0.25) is 5.91 Å². The van der Waals surface area contributed by atoms with Crippen molar-refractivity contribution >= 4 is 27.5 Å². The number of carbonyl (C=O) groups is 1. The smallest absolute Gasteiger partial charge is 0.223 e. The number of azide groups is 1. The maximum atomic E-state index is 11.9. The molecule has 0 radical (unpaired) electrons. The van der Waals surface area contributed by atoms with Gasteiger partial charge in [0.25, 0.3) is 0 Å². The van der Waals surface area contributed by atoms with Crippen LogP contribution in [-0.2, 0) is 11.3 Å². The number of fused-ring (bicyclic) bond motifs is 1. The Balaban J connectivity index is 1.71. The van der Waals surface area contributed by atoms with Crippen LogP contribution in [0.25, 0.3) is 20.7 Å². The summed E-state index contributed by atoms with van der Waals surface area (Å²) in [6, 6.07) is 7.96. The quantitative estimate of drug-likeness (QED) is 0.492. The monoisotopic (exact) mass is 287 g/mol. The summed E-state index contributed by atoms with van der Waals surface area (Å²) in [7, 11) is 0. The molecule has 20 heavy (non-hydrogen) atoms. The van der Waals surface area contributed by atoms with E-state index in [1.165, 1.54) is 0 Å². The van der Waals surface area contributed by atoms with Crippen LogP contribution >= 0.6 is 11.3 Å². The number of amides is 1. The average Bonchev–Trinajstić information content (AvgIpc) is 3.00. The molecule has 1 unspecified atom stereocenters. The fourth-order valence-corrected chi connectivity index (χ4v) is 3.42. The van der Waals surface area contributed by atoms with E-state index in [-0.39, 0.29) is 11.8 Å². The Hall–Kier alpha value is -2.11. The van der Waals surface area contributed by atoms with Crippen molar-refractivity contribution in [2.75, 3.05) is 13.1 Å². The molecule has 1 atom stereocenters. The first-order valence-electron chi connectivity index (χ1n) is 6.39. The number of nitrogens with zero attached hydrogens (tertiary/aromatic N) is 5. The molecule has 1 saturated heterocycles. The highest BCUT2D eigenvalue weighted by Crippen LogP contribution is 2.25. The summed E-state index contributed by atoms with van der Waals surface area (Å²) in [6.45, 7) is 1.58. The maximum absolute atomic E-state index is 11.9. The van der Waals surface area contributed by atoms with E-state index in [0.717, 1.165) is 15.2 Å². The molecule has 7 heteroatoms. The summed E-state index contributed by atoms with van der Waals surface area (Å²) in [6.07, 6.45) is 0.462. The molecule has 1 aromatic heterocycles. The molecule has 0 N–H and O–H groups in total. The van der Waals surface area contributed by atoms with Gasteiger partial charge in [0.05, 0.1) is 16.8 Å². The largest absolute Gasteiger partial charge is 0.336 e. The van der Waals surface area contributed by atoms with Gasteiger partial charge in [-0.25, -0.2) is 4.98 Å². The van der Waals surface area contributed by atoms with Crippen molar-refractivity contribution in [3.05, 3.63) is 39.7 Å². The first-order valence-corrected chi connectivity index (χ1v) is 7.21. The minimum atomic E-state index is 0.113. The number of hydrogen-bond acceptors (Lipinski definition) is 4. The van der Waals surface area contributed by atoms with Gasteiger partial charge in [-0.3, -0.25) is 4.79 Å². The van der Waals surface area contributed by atoms with Crippen molar-refractivity contribution in [2.24, 2.45) is 11.0 Å². The van der Waals surface area contributed by atoms with E-state index in [4.69, 9.17) is 5.53 Å². The summed E-state index contributed by atoms with van der Waals surface area (Å²) >= 11 is 1.62. The molecular weight excluding hydrogens is 274 g/mol.